The predicted octanol–water partition coefficient (Wildman–Crippen LogP) is 3.56. The van der Waals surface area contributed by atoms with Crippen LogP contribution in [0.1, 0.15) is 28.9 Å². The summed E-state index contributed by atoms with van der Waals surface area (Å²) in [4.78, 5) is 17.2. The molecular weight excluding hydrogens is 424 g/mol. The summed E-state index contributed by atoms with van der Waals surface area (Å²) in [5.41, 5.74) is 5.66. The van der Waals surface area contributed by atoms with Crippen LogP contribution < -0.4 is 15.5 Å². The van der Waals surface area contributed by atoms with Gasteiger partial charge >= 0.3 is 6.03 Å². The number of rotatable bonds is 9. The van der Waals surface area contributed by atoms with Gasteiger partial charge in [0, 0.05) is 56.2 Å². The second-order valence-electron chi connectivity index (χ2n) is 8.92. The Labute approximate surface area is 202 Å². The maximum atomic E-state index is 12.3. The van der Waals surface area contributed by atoms with E-state index in [1.54, 1.807) is 0 Å². The molecule has 0 radical (unpaired) electrons. The van der Waals surface area contributed by atoms with Gasteiger partial charge in [0.2, 0.25) is 0 Å². The summed E-state index contributed by atoms with van der Waals surface area (Å²) in [5, 5.41) is 10.7. The normalized spacial score (nSPS) is 14.2. The molecule has 0 saturated carbocycles. The number of nitrogens with one attached hydrogen (secondary N) is 2. The molecule has 0 atom stereocenters. The van der Waals surface area contributed by atoms with Crippen molar-refractivity contribution in [3.63, 3.8) is 0 Å². The third-order valence-electron chi connectivity index (χ3n) is 6.56. The Morgan fingerprint density at radius 2 is 1.59 bits per heavy atom. The molecule has 2 N–H and O–H groups in total. The second-order valence-corrected chi connectivity index (χ2v) is 8.92. The summed E-state index contributed by atoms with van der Waals surface area (Å²) >= 11 is 0. The molecule has 1 fully saturated rings. The van der Waals surface area contributed by atoms with E-state index in [1.165, 1.54) is 11.3 Å². The van der Waals surface area contributed by atoms with Crippen molar-refractivity contribution in [2.24, 2.45) is 0 Å². The molecule has 0 aliphatic carbocycles. The molecule has 1 saturated heterocycles. The van der Waals surface area contributed by atoms with Crippen LogP contribution in [0.25, 0.3) is 0 Å². The first-order valence-corrected chi connectivity index (χ1v) is 12.2. The quantitative estimate of drug-likeness (QED) is 0.479. The van der Waals surface area contributed by atoms with E-state index >= 15 is 0 Å². The molecule has 1 aliphatic rings. The van der Waals surface area contributed by atoms with Crippen molar-refractivity contribution in [3.05, 3.63) is 83.2 Å². The highest BCUT2D eigenvalue weighted by Gasteiger charge is 2.17. The van der Waals surface area contributed by atoms with Crippen LogP contribution in [0.3, 0.4) is 0 Å². The molecule has 1 aromatic heterocycles. The number of aryl methyl sites for hydroxylation is 1. The lowest BCUT2D eigenvalue weighted by Gasteiger charge is -2.36. The van der Waals surface area contributed by atoms with Gasteiger partial charge in [-0.2, -0.15) is 5.10 Å². The average molecular weight is 461 g/mol. The molecule has 1 aliphatic heterocycles. The molecule has 2 heterocycles. The minimum Gasteiger partial charge on any atom is -0.369 e. The smallest absolute Gasteiger partial charge is 0.315 e. The van der Waals surface area contributed by atoms with Gasteiger partial charge in [-0.25, -0.2) is 4.79 Å². The van der Waals surface area contributed by atoms with Crippen LogP contribution in [0, 0.1) is 13.8 Å². The number of para-hydroxylation sites is 1. The van der Waals surface area contributed by atoms with E-state index in [2.05, 4.69) is 74.9 Å². The Morgan fingerprint density at radius 1 is 0.912 bits per heavy atom. The second kappa shape index (κ2) is 11.7. The molecule has 0 spiro atoms. The van der Waals surface area contributed by atoms with Crippen LogP contribution >= 0.6 is 0 Å². The van der Waals surface area contributed by atoms with Gasteiger partial charge in [-0.1, -0.05) is 48.5 Å². The average Bonchev–Trinajstić information content (AvgIpc) is 3.14. The topological polar surface area (TPSA) is 65.4 Å². The van der Waals surface area contributed by atoms with E-state index in [0.29, 0.717) is 13.1 Å². The van der Waals surface area contributed by atoms with Gasteiger partial charge in [0.05, 0.1) is 12.2 Å². The monoisotopic (exact) mass is 460 g/mol. The third kappa shape index (κ3) is 6.38. The Hall–Kier alpha value is -3.32. The molecule has 4 rings (SSSR count). The molecule has 2 amide bonds. The zero-order valence-electron chi connectivity index (χ0n) is 20.3. The predicted molar refractivity (Wildman–Crippen MR) is 137 cm³/mol. The Morgan fingerprint density at radius 3 is 2.29 bits per heavy atom. The van der Waals surface area contributed by atoms with Crippen molar-refractivity contribution in [1.82, 2.24) is 25.3 Å². The van der Waals surface area contributed by atoms with Crippen LogP contribution in [0.5, 0.6) is 0 Å². The number of amides is 2. The first-order chi connectivity index (χ1) is 16.6. The number of anilines is 1. The number of hydrogen-bond donors (Lipinski definition) is 2. The molecule has 7 nitrogen and oxygen atoms in total. The summed E-state index contributed by atoms with van der Waals surface area (Å²) in [6.07, 6.45) is 0.950. The molecular formula is C27H36N6O. The number of piperazine rings is 1. The summed E-state index contributed by atoms with van der Waals surface area (Å²) in [5.74, 6) is 0. The molecule has 0 unspecified atom stereocenters. The summed E-state index contributed by atoms with van der Waals surface area (Å²) in [6, 6.07) is 20.8. The number of aromatic nitrogens is 2. The lowest BCUT2D eigenvalue weighted by Crippen LogP contribution is -2.47. The van der Waals surface area contributed by atoms with E-state index in [0.717, 1.165) is 62.6 Å². The molecule has 3 aromatic rings. The molecule has 180 valence electrons. The van der Waals surface area contributed by atoms with E-state index in [1.807, 2.05) is 29.8 Å². The SMILES string of the molecule is Cc1nn(Cc2ccccc2)c(C)c1CNC(=O)NCCCN1CCN(c2ccccc2)CC1. The number of hydrogen-bond acceptors (Lipinski definition) is 4. The van der Waals surface area contributed by atoms with Crippen LogP contribution in [0.15, 0.2) is 60.7 Å². The number of urea groups is 1. The largest absolute Gasteiger partial charge is 0.369 e. The van der Waals surface area contributed by atoms with E-state index in [9.17, 15) is 4.79 Å². The van der Waals surface area contributed by atoms with E-state index in [-0.39, 0.29) is 6.03 Å². The maximum Gasteiger partial charge on any atom is 0.315 e. The number of carbonyl (C=O) groups excluding carboxylic acids is 1. The molecule has 0 bridgehead atoms. The highest BCUT2D eigenvalue weighted by atomic mass is 16.2. The lowest BCUT2D eigenvalue weighted by atomic mass is 10.2. The third-order valence-corrected chi connectivity index (χ3v) is 6.56. The zero-order valence-corrected chi connectivity index (χ0v) is 20.3. The Bertz CT molecular complexity index is 1040. The fraction of sp³-hybridized carbons (Fsp3) is 0.407. The van der Waals surface area contributed by atoms with Crippen molar-refractivity contribution < 1.29 is 4.79 Å². The van der Waals surface area contributed by atoms with Crippen LogP contribution in [0.2, 0.25) is 0 Å². The van der Waals surface area contributed by atoms with E-state index in [4.69, 9.17) is 0 Å². The molecule has 34 heavy (non-hydrogen) atoms. The van der Waals surface area contributed by atoms with E-state index < -0.39 is 0 Å². The highest BCUT2D eigenvalue weighted by molar-refractivity contribution is 5.73. The van der Waals surface area contributed by atoms with Gasteiger partial charge in [-0.15, -0.1) is 0 Å². The fourth-order valence-electron chi connectivity index (χ4n) is 4.50. The summed E-state index contributed by atoms with van der Waals surface area (Å²) in [7, 11) is 0. The standard InChI is InChI=1S/C27H36N6O/c1-22-26(23(2)33(30-22)21-24-10-5-3-6-11-24)20-29-27(34)28-14-9-15-31-16-18-32(19-17-31)25-12-7-4-8-13-25/h3-8,10-13H,9,14-21H2,1-2H3,(H2,28,29,34). The molecule has 2 aromatic carbocycles. The fourth-order valence-corrected chi connectivity index (χ4v) is 4.50. The van der Waals surface area contributed by atoms with Crippen LogP contribution in [-0.2, 0) is 13.1 Å². The van der Waals surface area contributed by atoms with Crippen molar-refractivity contribution in [3.8, 4) is 0 Å². The maximum absolute atomic E-state index is 12.3. The van der Waals surface area contributed by atoms with Crippen LogP contribution in [0.4, 0.5) is 10.5 Å². The summed E-state index contributed by atoms with van der Waals surface area (Å²) < 4.78 is 2.01. The Kier molecular flexibility index (Phi) is 8.20. The number of benzene rings is 2. The minimum atomic E-state index is -0.122. The Balaban J connectivity index is 1.14. The van der Waals surface area contributed by atoms with Gasteiger partial charge in [0.25, 0.3) is 0 Å². The van der Waals surface area contributed by atoms with Gasteiger partial charge in [-0.05, 0) is 44.5 Å². The van der Waals surface area contributed by atoms with Gasteiger partial charge in [0.1, 0.15) is 0 Å². The number of nitrogens with zero attached hydrogens (tertiary/aromatic N) is 4. The van der Waals surface area contributed by atoms with Crippen molar-refractivity contribution in [1.29, 1.82) is 0 Å². The van der Waals surface area contributed by atoms with Crippen LogP contribution in [-0.4, -0.2) is 60.0 Å². The summed E-state index contributed by atoms with van der Waals surface area (Å²) in [6.45, 7) is 11.2. The van der Waals surface area contributed by atoms with Crippen molar-refractivity contribution >= 4 is 11.7 Å². The first-order valence-electron chi connectivity index (χ1n) is 12.2. The van der Waals surface area contributed by atoms with Crippen molar-refractivity contribution in [2.45, 2.75) is 33.4 Å². The van der Waals surface area contributed by atoms with Gasteiger partial charge in [-0.3, -0.25) is 9.58 Å². The minimum absolute atomic E-state index is 0.122. The lowest BCUT2D eigenvalue weighted by molar-refractivity contribution is 0.235. The highest BCUT2D eigenvalue weighted by Crippen LogP contribution is 2.16. The number of carbonyl (C=O) groups is 1. The van der Waals surface area contributed by atoms with Gasteiger partial charge in [0.15, 0.2) is 0 Å². The first kappa shape index (κ1) is 23.8. The molecule has 7 heteroatoms. The van der Waals surface area contributed by atoms with Gasteiger partial charge < -0.3 is 15.5 Å². The zero-order chi connectivity index (χ0) is 23.8. The van der Waals surface area contributed by atoms with Crippen molar-refractivity contribution in [2.75, 3.05) is 44.2 Å².